The van der Waals surface area contributed by atoms with Crippen LogP contribution >= 0.6 is 11.8 Å². The molecule has 0 bridgehead atoms. The summed E-state index contributed by atoms with van der Waals surface area (Å²) < 4.78 is 0. The van der Waals surface area contributed by atoms with Crippen molar-refractivity contribution in [2.24, 2.45) is 23.5 Å². The Morgan fingerprint density at radius 3 is 2.50 bits per heavy atom. The van der Waals surface area contributed by atoms with Gasteiger partial charge in [0, 0.05) is 31.1 Å². The number of piperidine rings is 1. The van der Waals surface area contributed by atoms with Crippen molar-refractivity contribution in [3.8, 4) is 0 Å². The molecule has 2 atom stereocenters. The Kier molecular flexibility index (Phi) is 9.45. The van der Waals surface area contributed by atoms with E-state index in [4.69, 9.17) is 5.73 Å². The fourth-order valence-corrected chi connectivity index (χ4v) is 3.53. The molecule has 1 fully saturated rings. The number of carbonyl (C=O) groups is 1. The lowest BCUT2D eigenvalue weighted by Crippen LogP contribution is -2.44. The smallest absolute Gasteiger partial charge is 0.252 e. The molecule has 0 spiro atoms. The SMILES string of the molecule is CC(C)C(C)CCC1CCN(C(=O)C(O)CSCCN)CC1. The van der Waals surface area contributed by atoms with E-state index in [9.17, 15) is 9.90 Å². The van der Waals surface area contributed by atoms with Crippen LogP contribution in [0.1, 0.15) is 46.5 Å². The lowest BCUT2D eigenvalue weighted by atomic mass is 9.85. The molecular weight excluding hydrogens is 296 g/mol. The average Bonchev–Trinajstić information content (AvgIpc) is 2.52. The largest absolute Gasteiger partial charge is 0.382 e. The number of carbonyl (C=O) groups excluding carboxylic acids is 1. The van der Waals surface area contributed by atoms with E-state index in [0.717, 1.165) is 49.4 Å². The van der Waals surface area contributed by atoms with Crippen molar-refractivity contribution in [2.75, 3.05) is 31.1 Å². The highest BCUT2D eigenvalue weighted by atomic mass is 32.2. The van der Waals surface area contributed by atoms with E-state index in [1.165, 1.54) is 12.8 Å². The number of aliphatic hydroxyl groups is 1. The van der Waals surface area contributed by atoms with Crippen molar-refractivity contribution >= 4 is 17.7 Å². The molecule has 0 saturated carbocycles. The third kappa shape index (κ3) is 6.88. The minimum absolute atomic E-state index is 0.0986. The summed E-state index contributed by atoms with van der Waals surface area (Å²) in [5.41, 5.74) is 5.42. The first-order valence-corrected chi connectivity index (χ1v) is 9.85. The van der Waals surface area contributed by atoms with Gasteiger partial charge in [0.05, 0.1) is 0 Å². The molecule has 2 unspecified atom stereocenters. The summed E-state index contributed by atoms with van der Waals surface area (Å²) in [6, 6.07) is 0. The number of amides is 1. The topological polar surface area (TPSA) is 66.6 Å². The van der Waals surface area contributed by atoms with E-state index < -0.39 is 6.10 Å². The van der Waals surface area contributed by atoms with Crippen molar-refractivity contribution in [1.29, 1.82) is 0 Å². The Morgan fingerprint density at radius 2 is 1.95 bits per heavy atom. The second kappa shape index (κ2) is 10.5. The molecule has 1 aliphatic heterocycles. The van der Waals surface area contributed by atoms with Crippen LogP contribution in [-0.2, 0) is 4.79 Å². The normalized spacial score (nSPS) is 19.5. The second-order valence-corrected chi connectivity index (χ2v) is 8.10. The highest BCUT2D eigenvalue weighted by Gasteiger charge is 2.27. The number of aliphatic hydroxyl groups excluding tert-OH is 1. The lowest BCUT2D eigenvalue weighted by molar-refractivity contribution is -0.140. The Balaban J connectivity index is 2.25. The van der Waals surface area contributed by atoms with Crippen molar-refractivity contribution in [2.45, 2.75) is 52.6 Å². The third-order valence-corrected chi connectivity index (χ3v) is 5.99. The molecule has 0 radical (unpaired) electrons. The van der Waals surface area contributed by atoms with Crippen LogP contribution in [-0.4, -0.2) is 53.2 Å². The molecule has 0 aliphatic carbocycles. The lowest BCUT2D eigenvalue weighted by Gasteiger charge is -2.33. The number of hydrogen-bond acceptors (Lipinski definition) is 4. The zero-order chi connectivity index (χ0) is 16.5. The monoisotopic (exact) mass is 330 g/mol. The molecule has 1 saturated heterocycles. The quantitative estimate of drug-likeness (QED) is 0.637. The number of likely N-dealkylation sites (tertiary alicyclic amines) is 1. The standard InChI is InChI=1S/C17H34N2O2S/c1-13(2)14(3)4-5-15-6-9-19(10-7-15)17(21)16(20)12-22-11-8-18/h13-16,20H,4-12,18H2,1-3H3. The van der Waals surface area contributed by atoms with Gasteiger partial charge >= 0.3 is 0 Å². The first-order valence-electron chi connectivity index (χ1n) is 8.70. The number of thioether (sulfide) groups is 1. The van der Waals surface area contributed by atoms with E-state index in [2.05, 4.69) is 20.8 Å². The molecule has 3 N–H and O–H groups in total. The predicted molar refractivity (Wildman–Crippen MR) is 94.9 cm³/mol. The van der Waals surface area contributed by atoms with Crippen LogP contribution in [0.4, 0.5) is 0 Å². The van der Waals surface area contributed by atoms with Gasteiger partial charge in [-0.25, -0.2) is 0 Å². The van der Waals surface area contributed by atoms with Crippen LogP contribution < -0.4 is 5.73 Å². The van der Waals surface area contributed by atoms with Crippen molar-refractivity contribution in [3.63, 3.8) is 0 Å². The summed E-state index contributed by atoms with van der Waals surface area (Å²) in [6.07, 6.45) is 3.86. The van der Waals surface area contributed by atoms with Gasteiger partial charge in [-0.05, 0) is 30.6 Å². The Hall–Kier alpha value is -0.260. The maximum Gasteiger partial charge on any atom is 0.252 e. The van der Waals surface area contributed by atoms with Crippen LogP contribution in [0.5, 0.6) is 0 Å². The fraction of sp³-hybridized carbons (Fsp3) is 0.941. The van der Waals surface area contributed by atoms with E-state index >= 15 is 0 Å². The summed E-state index contributed by atoms with van der Waals surface area (Å²) in [5.74, 6) is 3.43. The van der Waals surface area contributed by atoms with Gasteiger partial charge in [0.1, 0.15) is 6.10 Å². The Bertz CT molecular complexity index is 318. The number of nitrogens with two attached hydrogens (primary N) is 1. The molecule has 130 valence electrons. The summed E-state index contributed by atoms with van der Waals surface area (Å²) >= 11 is 1.55. The predicted octanol–water partition coefficient (Wildman–Crippen LogP) is 2.35. The van der Waals surface area contributed by atoms with Crippen molar-refractivity contribution in [1.82, 2.24) is 4.90 Å². The summed E-state index contributed by atoms with van der Waals surface area (Å²) in [7, 11) is 0. The van der Waals surface area contributed by atoms with Crippen molar-refractivity contribution < 1.29 is 9.90 Å². The highest BCUT2D eigenvalue weighted by molar-refractivity contribution is 7.99. The van der Waals surface area contributed by atoms with Crippen LogP contribution in [0.25, 0.3) is 0 Å². The zero-order valence-corrected chi connectivity index (χ0v) is 15.3. The third-order valence-electron chi connectivity index (χ3n) is 4.92. The van der Waals surface area contributed by atoms with Gasteiger partial charge in [0.15, 0.2) is 0 Å². The highest BCUT2D eigenvalue weighted by Crippen LogP contribution is 2.26. The Morgan fingerprint density at radius 1 is 1.32 bits per heavy atom. The molecule has 4 nitrogen and oxygen atoms in total. The molecule has 0 aromatic heterocycles. The van der Waals surface area contributed by atoms with Crippen LogP contribution in [0, 0.1) is 17.8 Å². The molecule has 1 aliphatic rings. The fourth-order valence-electron chi connectivity index (χ4n) is 2.83. The van der Waals surface area contributed by atoms with Crippen molar-refractivity contribution in [3.05, 3.63) is 0 Å². The number of hydrogen-bond donors (Lipinski definition) is 2. The first-order chi connectivity index (χ1) is 10.5. The van der Waals surface area contributed by atoms with Gasteiger partial charge in [-0.15, -0.1) is 0 Å². The molecule has 22 heavy (non-hydrogen) atoms. The van der Waals surface area contributed by atoms with E-state index in [0.29, 0.717) is 12.3 Å². The van der Waals surface area contributed by atoms with E-state index in [1.54, 1.807) is 11.8 Å². The van der Waals surface area contributed by atoms with Crippen LogP contribution in [0.2, 0.25) is 0 Å². The van der Waals surface area contributed by atoms with Gasteiger partial charge in [0.25, 0.3) is 5.91 Å². The van der Waals surface area contributed by atoms with Gasteiger partial charge in [0.2, 0.25) is 0 Å². The molecule has 1 heterocycles. The number of rotatable bonds is 9. The zero-order valence-electron chi connectivity index (χ0n) is 14.5. The van der Waals surface area contributed by atoms with Crippen LogP contribution in [0.15, 0.2) is 0 Å². The minimum atomic E-state index is -0.867. The van der Waals surface area contributed by atoms with Gasteiger partial charge in [-0.3, -0.25) is 4.79 Å². The summed E-state index contributed by atoms with van der Waals surface area (Å²) in [4.78, 5) is 14.0. The average molecular weight is 331 g/mol. The molecule has 1 amide bonds. The minimum Gasteiger partial charge on any atom is -0.382 e. The Labute approximate surface area is 140 Å². The number of nitrogens with zero attached hydrogens (tertiary/aromatic N) is 1. The maximum atomic E-state index is 12.2. The van der Waals surface area contributed by atoms with Gasteiger partial charge in [-0.2, -0.15) is 11.8 Å². The first kappa shape index (κ1) is 19.8. The summed E-state index contributed by atoms with van der Waals surface area (Å²) in [6.45, 7) is 9.10. The molecule has 0 aromatic rings. The second-order valence-electron chi connectivity index (χ2n) is 6.95. The van der Waals surface area contributed by atoms with E-state index in [1.807, 2.05) is 4.90 Å². The molecular formula is C17H34N2O2S. The summed E-state index contributed by atoms with van der Waals surface area (Å²) in [5, 5.41) is 9.95. The maximum absolute atomic E-state index is 12.2. The molecule has 5 heteroatoms. The molecule has 0 aromatic carbocycles. The van der Waals surface area contributed by atoms with Crippen LogP contribution in [0.3, 0.4) is 0 Å². The van der Waals surface area contributed by atoms with E-state index in [-0.39, 0.29) is 5.91 Å². The van der Waals surface area contributed by atoms with Gasteiger partial charge < -0.3 is 15.7 Å². The van der Waals surface area contributed by atoms with Gasteiger partial charge in [-0.1, -0.05) is 33.6 Å². The molecule has 1 rings (SSSR count).